The standard InChI is InChI=1S/C14H17ClN4/c1-9-3-4-11(12(15)5-9)6-13(19-16)14-8-17-10(2)7-18-14/h3-5,7-8,13,19H,6,16H2,1-2H3. The van der Waals surface area contributed by atoms with Crippen LogP contribution in [0.1, 0.15) is 28.6 Å². The highest BCUT2D eigenvalue weighted by Gasteiger charge is 2.14. The van der Waals surface area contributed by atoms with E-state index in [-0.39, 0.29) is 6.04 Å². The first kappa shape index (κ1) is 13.9. The van der Waals surface area contributed by atoms with Crippen LogP contribution >= 0.6 is 11.6 Å². The summed E-state index contributed by atoms with van der Waals surface area (Å²) in [6.45, 7) is 3.91. The Kier molecular flexibility index (Phi) is 4.47. The zero-order valence-electron chi connectivity index (χ0n) is 11.0. The minimum atomic E-state index is -0.103. The lowest BCUT2D eigenvalue weighted by molar-refractivity contribution is 0.535. The molecule has 0 amide bonds. The maximum atomic E-state index is 6.24. The van der Waals surface area contributed by atoms with Gasteiger partial charge in [-0.1, -0.05) is 23.7 Å². The molecule has 1 aromatic heterocycles. The van der Waals surface area contributed by atoms with Crippen molar-refractivity contribution >= 4 is 11.6 Å². The Bertz CT molecular complexity index is 554. The second-order valence-corrected chi connectivity index (χ2v) is 5.01. The highest BCUT2D eigenvalue weighted by molar-refractivity contribution is 6.31. The molecule has 0 saturated heterocycles. The van der Waals surface area contributed by atoms with Crippen LogP contribution in [-0.2, 0) is 6.42 Å². The number of nitrogens with two attached hydrogens (primary N) is 1. The smallest absolute Gasteiger partial charge is 0.0773 e. The van der Waals surface area contributed by atoms with Gasteiger partial charge in [-0.05, 0) is 37.5 Å². The van der Waals surface area contributed by atoms with Crippen LogP contribution < -0.4 is 11.3 Å². The maximum Gasteiger partial charge on any atom is 0.0773 e. The van der Waals surface area contributed by atoms with Crippen LogP contribution in [0.4, 0.5) is 0 Å². The van der Waals surface area contributed by atoms with Crippen molar-refractivity contribution in [3.8, 4) is 0 Å². The van der Waals surface area contributed by atoms with Gasteiger partial charge in [-0.25, -0.2) is 0 Å². The highest BCUT2D eigenvalue weighted by atomic mass is 35.5. The summed E-state index contributed by atoms with van der Waals surface area (Å²) in [7, 11) is 0. The molecule has 1 unspecified atom stereocenters. The van der Waals surface area contributed by atoms with E-state index in [4.69, 9.17) is 17.4 Å². The Labute approximate surface area is 118 Å². The molecule has 4 nitrogen and oxygen atoms in total. The molecule has 0 saturated carbocycles. The molecule has 0 spiro atoms. The average molecular weight is 277 g/mol. The van der Waals surface area contributed by atoms with Gasteiger partial charge in [-0.3, -0.25) is 21.2 Å². The molecule has 0 fully saturated rings. The molecule has 5 heteroatoms. The van der Waals surface area contributed by atoms with E-state index in [0.29, 0.717) is 6.42 Å². The van der Waals surface area contributed by atoms with Crippen molar-refractivity contribution in [2.24, 2.45) is 5.84 Å². The number of hydrogen-bond donors (Lipinski definition) is 2. The monoisotopic (exact) mass is 276 g/mol. The van der Waals surface area contributed by atoms with Gasteiger partial charge in [0.15, 0.2) is 0 Å². The molecule has 0 aliphatic rings. The van der Waals surface area contributed by atoms with Crippen molar-refractivity contribution in [1.29, 1.82) is 0 Å². The summed E-state index contributed by atoms with van der Waals surface area (Å²) < 4.78 is 0. The molecule has 1 heterocycles. The zero-order valence-corrected chi connectivity index (χ0v) is 11.8. The predicted octanol–water partition coefficient (Wildman–Crippen LogP) is 2.49. The fourth-order valence-corrected chi connectivity index (χ4v) is 2.18. The molecule has 1 aromatic carbocycles. The molecule has 3 N–H and O–H groups in total. The van der Waals surface area contributed by atoms with Gasteiger partial charge < -0.3 is 0 Å². The topological polar surface area (TPSA) is 63.8 Å². The predicted molar refractivity (Wildman–Crippen MR) is 76.7 cm³/mol. The van der Waals surface area contributed by atoms with E-state index >= 15 is 0 Å². The van der Waals surface area contributed by atoms with Gasteiger partial charge in [0.2, 0.25) is 0 Å². The van der Waals surface area contributed by atoms with Crippen molar-refractivity contribution in [3.63, 3.8) is 0 Å². The van der Waals surface area contributed by atoms with Crippen LogP contribution in [-0.4, -0.2) is 9.97 Å². The summed E-state index contributed by atoms with van der Waals surface area (Å²) in [5.74, 6) is 5.61. The van der Waals surface area contributed by atoms with Gasteiger partial charge in [0.05, 0.1) is 23.6 Å². The number of hydrazine groups is 1. The van der Waals surface area contributed by atoms with Gasteiger partial charge in [-0.15, -0.1) is 0 Å². The molecule has 0 aliphatic carbocycles. The van der Waals surface area contributed by atoms with Gasteiger partial charge in [0.1, 0.15) is 0 Å². The third-order valence-corrected chi connectivity index (χ3v) is 3.34. The number of halogens is 1. The van der Waals surface area contributed by atoms with E-state index in [1.165, 1.54) is 0 Å². The lowest BCUT2D eigenvalue weighted by atomic mass is 10.0. The third-order valence-electron chi connectivity index (χ3n) is 2.99. The lowest BCUT2D eigenvalue weighted by Gasteiger charge is -2.16. The zero-order chi connectivity index (χ0) is 13.8. The summed E-state index contributed by atoms with van der Waals surface area (Å²) in [5, 5.41) is 0.750. The Balaban J connectivity index is 2.21. The first-order valence-corrected chi connectivity index (χ1v) is 6.47. The molecule has 2 aromatic rings. The number of aryl methyl sites for hydroxylation is 2. The summed E-state index contributed by atoms with van der Waals surface area (Å²) in [6.07, 6.45) is 4.14. The van der Waals surface area contributed by atoms with Gasteiger partial charge in [0.25, 0.3) is 0 Å². The SMILES string of the molecule is Cc1ccc(CC(NN)c2cnc(C)cn2)c(Cl)c1. The Morgan fingerprint density at radius 2 is 2.05 bits per heavy atom. The molecule has 19 heavy (non-hydrogen) atoms. The largest absolute Gasteiger partial charge is 0.271 e. The molecule has 100 valence electrons. The van der Waals surface area contributed by atoms with Crippen LogP contribution in [0.5, 0.6) is 0 Å². The fourth-order valence-electron chi connectivity index (χ4n) is 1.87. The number of benzene rings is 1. The Hall–Kier alpha value is -1.49. The van der Waals surface area contributed by atoms with E-state index in [1.54, 1.807) is 12.4 Å². The van der Waals surface area contributed by atoms with Crippen molar-refractivity contribution in [1.82, 2.24) is 15.4 Å². The van der Waals surface area contributed by atoms with Crippen molar-refractivity contribution in [2.75, 3.05) is 0 Å². The number of nitrogens with zero attached hydrogens (tertiary/aromatic N) is 2. The minimum Gasteiger partial charge on any atom is -0.271 e. The van der Waals surface area contributed by atoms with Crippen LogP contribution in [0.15, 0.2) is 30.6 Å². The Morgan fingerprint density at radius 1 is 1.26 bits per heavy atom. The quantitative estimate of drug-likeness (QED) is 0.665. The van der Waals surface area contributed by atoms with Gasteiger partial charge >= 0.3 is 0 Å². The molecular formula is C14H17ClN4. The molecule has 0 aliphatic heterocycles. The second-order valence-electron chi connectivity index (χ2n) is 4.60. The van der Waals surface area contributed by atoms with E-state index < -0.39 is 0 Å². The average Bonchev–Trinajstić information content (AvgIpc) is 2.39. The van der Waals surface area contributed by atoms with Gasteiger partial charge in [-0.2, -0.15) is 0 Å². The van der Waals surface area contributed by atoms with Crippen molar-refractivity contribution in [3.05, 3.63) is 58.1 Å². The molecule has 1 atom stereocenters. The van der Waals surface area contributed by atoms with E-state index in [2.05, 4.69) is 15.4 Å². The van der Waals surface area contributed by atoms with Crippen LogP contribution in [0.3, 0.4) is 0 Å². The molecule has 0 bridgehead atoms. The number of rotatable bonds is 4. The number of aromatic nitrogens is 2. The highest BCUT2D eigenvalue weighted by Crippen LogP contribution is 2.23. The minimum absolute atomic E-state index is 0.103. The lowest BCUT2D eigenvalue weighted by Crippen LogP contribution is -2.30. The van der Waals surface area contributed by atoms with Crippen LogP contribution in [0, 0.1) is 13.8 Å². The fraction of sp³-hybridized carbons (Fsp3) is 0.286. The molecule has 2 rings (SSSR count). The normalized spacial score (nSPS) is 12.4. The molecule has 0 radical (unpaired) electrons. The maximum absolute atomic E-state index is 6.24. The first-order valence-electron chi connectivity index (χ1n) is 6.10. The van der Waals surface area contributed by atoms with Crippen LogP contribution in [0.25, 0.3) is 0 Å². The third kappa shape index (κ3) is 3.50. The van der Waals surface area contributed by atoms with E-state index in [0.717, 1.165) is 27.5 Å². The first-order chi connectivity index (χ1) is 9.10. The Morgan fingerprint density at radius 3 is 2.63 bits per heavy atom. The van der Waals surface area contributed by atoms with E-state index in [1.807, 2.05) is 32.0 Å². The summed E-state index contributed by atoms with van der Waals surface area (Å²) in [5.41, 5.74) is 6.64. The van der Waals surface area contributed by atoms with E-state index in [9.17, 15) is 0 Å². The summed E-state index contributed by atoms with van der Waals surface area (Å²) >= 11 is 6.24. The summed E-state index contributed by atoms with van der Waals surface area (Å²) in [6, 6.07) is 5.90. The van der Waals surface area contributed by atoms with Crippen molar-refractivity contribution < 1.29 is 0 Å². The second kappa shape index (κ2) is 6.10. The number of nitrogens with one attached hydrogen (secondary N) is 1. The van der Waals surface area contributed by atoms with Gasteiger partial charge in [0, 0.05) is 11.2 Å². The number of hydrogen-bond acceptors (Lipinski definition) is 4. The summed E-state index contributed by atoms with van der Waals surface area (Å²) in [4.78, 5) is 8.58. The van der Waals surface area contributed by atoms with Crippen LogP contribution in [0.2, 0.25) is 5.02 Å². The van der Waals surface area contributed by atoms with Crippen molar-refractivity contribution in [2.45, 2.75) is 26.3 Å². The molecular weight excluding hydrogens is 260 g/mol.